The molecule has 2 atom stereocenters. The number of primary amides is 1. The van der Waals surface area contributed by atoms with Gasteiger partial charge in [0.1, 0.15) is 0 Å². The number of nitrogens with two attached hydrogens (primary N) is 1. The number of halogens is 1. The lowest BCUT2D eigenvalue weighted by Gasteiger charge is -2.30. The van der Waals surface area contributed by atoms with Crippen LogP contribution in [0.2, 0.25) is 0 Å². The Hall–Kier alpha value is -1.24. The number of thioether (sulfide) groups is 1. The molecule has 2 rings (SSSR count). The van der Waals surface area contributed by atoms with E-state index in [0.29, 0.717) is 11.5 Å². The van der Waals surface area contributed by atoms with E-state index >= 15 is 0 Å². The van der Waals surface area contributed by atoms with Crippen molar-refractivity contribution in [3.8, 4) is 0 Å². The first-order chi connectivity index (χ1) is 10.1. The van der Waals surface area contributed by atoms with Gasteiger partial charge in [-0.05, 0) is 31.0 Å². The van der Waals surface area contributed by atoms with Crippen molar-refractivity contribution < 1.29 is 9.59 Å². The van der Waals surface area contributed by atoms with Crippen molar-refractivity contribution >= 4 is 36.0 Å². The van der Waals surface area contributed by atoms with Gasteiger partial charge in [-0.2, -0.15) is 0 Å². The van der Waals surface area contributed by atoms with Crippen molar-refractivity contribution in [1.29, 1.82) is 0 Å². The molecule has 0 radical (unpaired) electrons. The number of hydrogen-bond acceptors (Lipinski definition) is 4. The summed E-state index contributed by atoms with van der Waals surface area (Å²) >= 11 is 1.30. The van der Waals surface area contributed by atoms with Gasteiger partial charge in [-0.25, -0.2) is 0 Å². The van der Waals surface area contributed by atoms with Crippen LogP contribution in [0.25, 0.3) is 0 Å². The van der Waals surface area contributed by atoms with E-state index in [4.69, 9.17) is 5.73 Å². The summed E-state index contributed by atoms with van der Waals surface area (Å²) < 4.78 is 0. The first kappa shape index (κ1) is 18.8. The first-order valence-corrected chi connectivity index (χ1v) is 8.08. The Bertz CT molecular complexity index is 527. The Balaban J connectivity index is 0.00000242. The summed E-state index contributed by atoms with van der Waals surface area (Å²) in [5.74, 6) is 0.148. The van der Waals surface area contributed by atoms with Crippen molar-refractivity contribution in [2.24, 2.45) is 11.7 Å². The zero-order chi connectivity index (χ0) is 15.2. The molecule has 2 amide bonds. The van der Waals surface area contributed by atoms with E-state index in [2.05, 4.69) is 17.6 Å². The van der Waals surface area contributed by atoms with Crippen molar-refractivity contribution in [2.45, 2.75) is 24.3 Å². The summed E-state index contributed by atoms with van der Waals surface area (Å²) in [5.41, 5.74) is 5.76. The second-order valence-electron chi connectivity index (χ2n) is 5.30. The Morgan fingerprint density at radius 3 is 2.82 bits per heavy atom. The molecule has 1 fully saturated rings. The summed E-state index contributed by atoms with van der Waals surface area (Å²) in [6.07, 6.45) is 1.06. The Morgan fingerprint density at radius 1 is 1.41 bits per heavy atom. The van der Waals surface area contributed by atoms with E-state index in [1.165, 1.54) is 11.8 Å². The van der Waals surface area contributed by atoms with E-state index in [-0.39, 0.29) is 36.0 Å². The number of hydrogen-bond donors (Lipinski definition) is 3. The van der Waals surface area contributed by atoms with Gasteiger partial charge in [0.2, 0.25) is 5.91 Å². The SMILES string of the molecule is CC1CCNCC1NC(=O)c1ccccc1SCC(N)=O.Cl. The van der Waals surface area contributed by atoms with Crippen LogP contribution in [0, 0.1) is 5.92 Å². The monoisotopic (exact) mass is 343 g/mol. The number of rotatable bonds is 5. The van der Waals surface area contributed by atoms with Crippen LogP contribution in [-0.2, 0) is 4.79 Å². The van der Waals surface area contributed by atoms with Gasteiger partial charge >= 0.3 is 0 Å². The maximum atomic E-state index is 12.5. The van der Waals surface area contributed by atoms with Gasteiger partial charge in [-0.1, -0.05) is 19.1 Å². The Labute approximate surface area is 141 Å². The molecule has 1 aliphatic heterocycles. The van der Waals surface area contributed by atoms with Crippen molar-refractivity contribution in [3.05, 3.63) is 29.8 Å². The highest BCUT2D eigenvalue weighted by Crippen LogP contribution is 2.23. The fourth-order valence-electron chi connectivity index (χ4n) is 2.36. The molecule has 0 spiro atoms. The standard InChI is InChI=1S/C15H21N3O2S.ClH/c1-10-6-7-17-8-12(10)18-15(20)11-4-2-3-5-13(11)21-9-14(16)19;/h2-5,10,12,17H,6-9H2,1H3,(H2,16,19)(H,18,20);1H. The molecule has 7 heteroatoms. The quantitative estimate of drug-likeness (QED) is 0.706. The maximum absolute atomic E-state index is 12.5. The fourth-order valence-corrected chi connectivity index (χ4v) is 3.15. The van der Waals surface area contributed by atoms with Gasteiger partial charge in [0.05, 0.1) is 11.3 Å². The molecule has 1 saturated heterocycles. The van der Waals surface area contributed by atoms with Crippen molar-refractivity contribution in [1.82, 2.24) is 10.6 Å². The first-order valence-electron chi connectivity index (χ1n) is 7.09. The predicted molar refractivity (Wildman–Crippen MR) is 91.5 cm³/mol. The smallest absolute Gasteiger partial charge is 0.252 e. The molecule has 122 valence electrons. The van der Waals surface area contributed by atoms with Crippen LogP contribution in [-0.4, -0.2) is 36.7 Å². The third-order valence-electron chi connectivity index (χ3n) is 3.65. The topological polar surface area (TPSA) is 84.2 Å². The summed E-state index contributed by atoms with van der Waals surface area (Å²) in [6.45, 7) is 3.95. The van der Waals surface area contributed by atoms with E-state index < -0.39 is 0 Å². The van der Waals surface area contributed by atoms with Gasteiger partial charge in [0.15, 0.2) is 0 Å². The molecule has 0 saturated carbocycles. The minimum atomic E-state index is -0.389. The molecule has 22 heavy (non-hydrogen) atoms. The van der Waals surface area contributed by atoms with Crippen LogP contribution < -0.4 is 16.4 Å². The molecular weight excluding hydrogens is 322 g/mol. The average molecular weight is 344 g/mol. The number of carbonyl (C=O) groups excluding carboxylic acids is 2. The normalized spacial score (nSPS) is 20.8. The molecule has 4 N–H and O–H groups in total. The molecule has 1 aromatic rings. The summed E-state index contributed by atoms with van der Waals surface area (Å²) in [4.78, 5) is 24.1. The third kappa shape index (κ3) is 5.19. The lowest BCUT2D eigenvalue weighted by Crippen LogP contribution is -2.50. The molecule has 0 bridgehead atoms. The number of carbonyl (C=O) groups is 2. The van der Waals surface area contributed by atoms with E-state index in [1.807, 2.05) is 18.2 Å². The zero-order valence-electron chi connectivity index (χ0n) is 12.5. The highest BCUT2D eigenvalue weighted by molar-refractivity contribution is 8.00. The minimum absolute atomic E-state index is 0. The Kier molecular flexibility index (Phi) is 7.72. The molecular formula is C15H22ClN3O2S. The average Bonchev–Trinajstić information content (AvgIpc) is 2.47. The van der Waals surface area contributed by atoms with Crippen LogP contribution in [0.15, 0.2) is 29.2 Å². The number of benzene rings is 1. The van der Waals surface area contributed by atoms with Crippen LogP contribution >= 0.6 is 24.2 Å². The largest absolute Gasteiger partial charge is 0.369 e. The lowest BCUT2D eigenvalue weighted by atomic mass is 9.94. The van der Waals surface area contributed by atoms with Gasteiger partial charge < -0.3 is 16.4 Å². The lowest BCUT2D eigenvalue weighted by molar-refractivity contribution is -0.115. The predicted octanol–water partition coefficient (Wildman–Crippen LogP) is 1.41. The zero-order valence-corrected chi connectivity index (χ0v) is 14.1. The van der Waals surface area contributed by atoms with Crippen LogP contribution in [0.5, 0.6) is 0 Å². The van der Waals surface area contributed by atoms with E-state index in [0.717, 1.165) is 24.4 Å². The van der Waals surface area contributed by atoms with Crippen LogP contribution in [0.1, 0.15) is 23.7 Å². The fraction of sp³-hybridized carbons (Fsp3) is 0.467. The van der Waals surface area contributed by atoms with Crippen molar-refractivity contribution in [2.75, 3.05) is 18.8 Å². The summed E-state index contributed by atoms with van der Waals surface area (Å²) in [6, 6.07) is 7.43. The minimum Gasteiger partial charge on any atom is -0.369 e. The maximum Gasteiger partial charge on any atom is 0.252 e. The van der Waals surface area contributed by atoms with Gasteiger partial charge in [-0.15, -0.1) is 24.2 Å². The Morgan fingerprint density at radius 2 is 2.14 bits per heavy atom. The number of piperidine rings is 1. The number of amides is 2. The molecule has 1 aromatic carbocycles. The molecule has 1 heterocycles. The summed E-state index contributed by atoms with van der Waals surface area (Å²) in [5, 5.41) is 6.38. The molecule has 0 aliphatic carbocycles. The van der Waals surface area contributed by atoms with Crippen LogP contribution in [0.3, 0.4) is 0 Å². The molecule has 2 unspecified atom stereocenters. The van der Waals surface area contributed by atoms with Gasteiger partial charge in [0.25, 0.3) is 5.91 Å². The highest BCUT2D eigenvalue weighted by atomic mass is 35.5. The van der Waals surface area contributed by atoms with Gasteiger partial charge in [0, 0.05) is 17.5 Å². The number of nitrogens with one attached hydrogen (secondary N) is 2. The van der Waals surface area contributed by atoms with Crippen molar-refractivity contribution in [3.63, 3.8) is 0 Å². The molecule has 5 nitrogen and oxygen atoms in total. The van der Waals surface area contributed by atoms with Crippen LogP contribution in [0.4, 0.5) is 0 Å². The highest BCUT2D eigenvalue weighted by Gasteiger charge is 2.23. The van der Waals surface area contributed by atoms with E-state index in [9.17, 15) is 9.59 Å². The second kappa shape index (κ2) is 9.02. The van der Waals surface area contributed by atoms with E-state index in [1.54, 1.807) is 6.07 Å². The van der Waals surface area contributed by atoms with Gasteiger partial charge in [-0.3, -0.25) is 9.59 Å². The third-order valence-corrected chi connectivity index (χ3v) is 4.74. The molecule has 1 aliphatic rings. The second-order valence-corrected chi connectivity index (χ2v) is 6.32. The molecule has 0 aromatic heterocycles. The summed E-state index contributed by atoms with van der Waals surface area (Å²) in [7, 11) is 0.